The van der Waals surface area contributed by atoms with Crippen LogP contribution in [0.15, 0.2) is 72.8 Å². The van der Waals surface area contributed by atoms with E-state index in [9.17, 15) is 0 Å². The highest BCUT2D eigenvalue weighted by Crippen LogP contribution is 2.28. The molecule has 3 aromatic rings. The van der Waals surface area contributed by atoms with Crippen molar-refractivity contribution in [2.75, 3.05) is 0 Å². The van der Waals surface area contributed by atoms with Gasteiger partial charge in [-0.1, -0.05) is 89.5 Å². The molecule has 0 aromatic heterocycles. The molecule has 0 unspecified atom stereocenters. The van der Waals surface area contributed by atoms with Gasteiger partial charge in [-0.2, -0.15) is 0 Å². The second-order valence-electron chi connectivity index (χ2n) is 7.64. The van der Waals surface area contributed by atoms with Gasteiger partial charge < -0.3 is 0 Å². The molecule has 26 heavy (non-hydrogen) atoms. The van der Waals surface area contributed by atoms with E-state index in [-0.39, 0.29) is 0 Å². The van der Waals surface area contributed by atoms with Crippen molar-refractivity contribution in [3.63, 3.8) is 0 Å². The molecule has 0 fully saturated rings. The number of hydrogen-bond donors (Lipinski definition) is 0. The molecule has 0 heterocycles. The Bertz CT molecular complexity index is 717. The third-order valence-corrected chi connectivity index (χ3v) is 10.6. The first kappa shape index (κ1) is 19.1. The summed E-state index contributed by atoms with van der Waals surface area (Å²) < 4.78 is 0. The van der Waals surface area contributed by atoms with Crippen molar-refractivity contribution in [2.45, 2.75) is 38.9 Å². The molecule has 0 aliphatic carbocycles. The van der Waals surface area contributed by atoms with Crippen molar-refractivity contribution in [3.8, 4) is 0 Å². The molecule has 0 saturated heterocycles. The zero-order valence-corrected chi connectivity index (χ0v) is 18.5. The van der Waals surface area contributed by atoms with E-state index in [2.05, 4.69) is 109 Å². The van der Waals surface area contributed by atoms with E-state index >= 15 is 0 Å². The number of aryl methyl sites for hydroxylation is 3. The Kier molecular flexibility index (Phi) is 6.15. The number of rotatable bonds is 6. The number of hydrogen-bond acceptors (Lipinski definition) is 0. The second-order valence-corrected chi connectivity index (χ2v) is 16.0. The number of halogens is 1. The molecule has 0 nitrogen and oxygen atoms in total. The van der Waals surface area contributed by atoms with Crippen molar-refractivity contribution < 1.29 is 0 Å². The van der Waals surface area contributed by atoms with Crippen LogP contribution in [0.5, 0.6) is 0 Å². The van der Waals surface area contributed by atoms with Crippen LogP contribution in [0.1, 0.15) is 33.4 Å². The smallest absolute Gasteiger partial charge is 0.125 e. The Labute approximate surface area is 166 Å². The normalized spacial score (nSPS) is 11.5. The lowest BCUT2D eigenvalue weighted by molar-refractivity contribution is 1.17. The maximum absolute atomic E-state index is 4.29. The number of benzene rings is 3. The summed E-state index contributed by atoms with van der Waals surface area (Å²) >= 11 is 4.29. The first-order valence-electron chi connectivity index (χ1n) is 9.27. The molecular weight excluding hydrogens is 396 g/mol. The molecule has 0 amide bonds. The fourth-order valence-electron chi connectivity index (χ4n) is 3.40. The minimum atomic E-state index is -1.71. The first-order chi connectivity index (χ1) is 12.4. The summed E-state index contributed by atoms with van der Waals surface area (Å²) in [5.41, 5.74) is 8.31. The third kappa shape index (κ3) is 5.42. The Hall–Kier alpha value is -1.64. The van der Waals surface area contributed by atoms with Crippen molar-refractivity contribution in [1.29, 1.82) is 0 Å². The molecular formula is C24H27BrSi. The standard InChI is InChI=1S/C24H27BrSi/c1-19-4-10-22(11-5-19)16-26(25,17-23-12-6-20(2)7-13-23)18-24-14-8-21(3)9-15-24/h4-15H,16-18H2,1-3H3. The van der Waals surface area contributed by atoms with Crippen LogP contribution in [0.25, 0.3) is 0 Å². The molecule has 0 saturated carbocycles. The van der Waals surface area contributed by atoms with Gasteiger partial charge in [-0.3, -0.25) is 0 Å². The summed E-state index contributed by atoms with van der Waals surface area (Å²) in [5.74, 6) is 0. The molecule has 0 bridgehead atoms. The molecule has 134 valence electrons. The zero-order chi connectivity index (χ0) is 18.6. The summed E-state index contributed by atoms with van der Waals surface area (Å²) in [6, 6.07) is 30.6. The van der Waals surface area contributed by atoms with E-state index in [0.717, 1.165) is 18.1 Å². The zero-order valence-electron chi connectivity index (χ0n) is 15.9. The van der Waals surface area contributed by atoms with E-state index in [1.807, 2.05) is 0 Å². The molecule has 3 aromatic carbocycles. The Morgan fingerprint density at radius 3 is 0.962 bits per heavy atom. The fourth-order valence-corrected chi connectivity index (χ4v) is 9.59. The van der Waals surface area contributed by atoms with Gasteiger partial charge in [-0.25, -0.2) is 0 Å². The minimum absolute atomic E-state index is 1.15. The fraction of sp³-hybridized carbons (Fsp3) is 0.250. The highest BCUT2D eigenvalue weighted by molar-refractivity contribution is 9.26. The van der Waals surface area contributed by atoms with Gasteiger partial charge >= 0.3 is 0 Å². The molecule has 2 heteroatoms. The van der Waals surface area contributed by atoms with Crippen molar-refractivity contribution >= 4 is 22.0 Å². The molecule has 0 radical (unpaired) electrons. The van der Waals surface area contributed by atoms with E-state index < -0.39 is 6.69 Å². The maximum Gasteiger partial charge on any atom is 0.143 e. The lowest BCUT2D eigenvalue weighted by Gasteiger charge is -2.26. The first-order valence-corrected chi connectivity index (χ1v) is 14.2. The average Bonchev–Trinajstić information content (AvgIpc) is 2.61. The summed E-state index contributed by atoms with van der Waals surface area (Å²) in [5, 5.41) is 0. The summed E-state index contributed by atoms with van der Waals surface area (Å²) in [6.07, 6.45) is 0. The molecule has 0 spiro atoms. The summed E-state index contributed by atoms with van der Waals surface area (Å²) in [6.45, 7) is 4.75. The molecule has 0 aliphatic heterocycles. The van der Waals surface area contributed by atoms with Crippen LogP contribution < -0.4 is 0 Å². The Morgan fingerprint density at radius 2 is 0.731 bits per heavy atom. The van der Waals surface area contributed by atoms with Gasteiger partial charge in [0.1, 0.15) is 6.69 Å². The Balaban J connectivity index is 1.86. The van der Waals surface area contributed by atoms with Crippen LogP contribution in [0, 0.1) is 20.8 Å². The van der Waals surface area contributed by atoms with Crippen LogP contribution >= 0.6 is 15.3 Å². The van der Waals surface area contributed by atoms with Gasteiger partial charge in [0.05, 0.1) is 0 Å². The van der Waals surface area contributed by atoms with Gasteiger partial charge in [0.15, 0.2) is 0 Å². The topological polar surface area (TPSA) is 0 Å². The minimum Gasteiger partial charge on any atom is -0.125 e. The predicted molar refractivity (Wildman–Crippen MR) is 119 cm³/mol. The average molecular weight is 423 g/mol. The SMILES string of the molecule is Cc1ccc(C[Si](Br)(Cc2ccc(C)cc2)Cc2ccc(C)cc2)cc1. The van der Waals surface area contributed by atoms with Crippen molar-refractivity contribution in [1.82, 2.24) is 0 Å². The lowest BCUT2D eigenvalue weighted by atomic mass is 10.2. The van der Waals surface area contributed by atoms with Gasteiger partial charge in [0.2, 0.25) is 0 Å². The monoisotopic (exact) mass is 422 g/mol. The van der Waals surface area contributed by atoms with E-state index in [1.165, 1.54) is 33.4 Å². The van der Waals surface area contributed by atoms with Gasteiger partial charge in [-0.15, -0.1) is 15.3 Å². The highest BCUT2D eigenvalue weighted by Gasteiger charge is 2.31. The van der Waals surface area contributed by atoms with Crippen LogP contribution in [-0.2, 0) is 18.1 Å². The van der Waals surface area contributed by atoms with Gasteiger partial charge in [-0.05, 0) is 55.6 Å². The van der Waals surface area contributed by atoms with Crippen LogP contribution in [-0.4, -0.2) is 6.69 Å². The summed E-state index contributed by atoms with van der Waals surface area (Å²) in [7, 11) is 0. The van der Waals surface area contributed by atoms with Crippen molar-refractivity contribution in [2.24, 2.45) is 0 Å². The highest BCUT2D eigenvalue weighted by atomic mass is 79.9. The second kappa shape index (κ2) is 8.37. The molecule has 0 atom stereocenters. The summed E-state index contributed by atoms with van der Waals surface area (Å²) in [4.78, 5) is 0. The van der Waals surface area contributed by atoms with Crippen LogP contribution in [0.2, 0.25) is 0 Å². The largest absolute Gasteiger partial charge is 0.143 e. The van der Waals surface area contributed by atoms with E-state index in [1.54, 1.807) is 0 Å². The predicted octanol–water partition coefficient (Wildman–Crippen LogP) is 6.60. The van der Waals surface area contributed by atoms with E-state index in [4.69, 9.17) is 0 Å². The molecule has 3 rings (SSSR count). The molecule has 0 N–H and O–H groups in total. The Morgan fingerprint density at radius 1 is 0.500 bits per heavy atom. The van der Waals surface area contributed by atoms with E-state index in [0.29, 0.717) is 0 Å². The maximum atomic E-state index is 4.29. The van der Waals surface area contributed by atoms with Crippen LogP contribution in [0.4, 0.5) is 0 Å². The van der Waals surface area contributed by atoms with Gasteiger partial charge in [0.25, 0.3) is 0 Å². The lowest BCUT2D eigenvalue weighted by Crippen LogP contribution is -2.37. The third-order valence-electron chi connectivity index (χ3n) is 4.92. The van der Waals surface area contributed by atoms with Gasteiger partial charge in [0, 0.05) is 0 Å². The van der Waals surface area contributed by atoms with Crippen molar-refractivity contribution in [3.05, 3.63) is 106 Å². The quantitative estimate of drug-likeness (QED) is 0.310. The molecule has 0 aliphatic rings. The van der Waals surface area contributed by atoms with Crippen LogP contribution in [0.3, 0.4) is 0 Å².